The van der Waals surface area contributed by atoms with Crippen molar-refractivity contribution in [2.75, 3.05) is 19.0 Å². The van der Waals surface area contributed by atoms with Gasteiger partial charge in [0.15, 0.2) is 11.6 Å². The first kappa shape index (κ1) is 18.4. The monoisotopic (exact) mass is 378 g/mol. The van der Waals surface area contributed by atoms with Crippen LogP contribution in [-0.4, -0.2) is 30.8 Å². The molecule has 3 N–H and O–H groups in total. The molecule has 3 rings (SSSR count). The van der Waals surface area contributed by atoms with Gasteiger partial charge in [0.1, 0.15) is 11.6 Å². The number of fused-ring (bicyclic) bond motifs is 1. The van der Waals surface area contributed by atoms with Crippen LogP contribution in [0.1, 0.15) is 28.4 Å². The molecule has 7 nitrogen and oxygen atoms in total. The molecule has 2 aromatic rings. The van der Waals surface area contributed by atoms with Crippen molar-refractivity contribution in [3.8, 4) is 11.5 Å². The van der Waals surface area contributed by atoms with E-state index in [1.54, 1.807) is 0 Å². The number of nitrogens with one attached hydrogen (secondary N) is 2. The Morgan fingerprint density at radius 3 is 2.67 bits per heavy atom. The molecule has 27 heavy (non-hydrogen) atoms. The number of hydrogen-bond acceptors (Lipinski definition) is 4. The molecule has 0 saturated carbocycles. The molecule has 1 atom stereocenters. The van der Waals surface area contributed by atoms with Gasteiger partial charge in [-0.15, -0.1) is 0 Å². The van der Waals surface area contributed by atoms with Gasteiger partial charge in [0.05, 0.1) is 30.9 Å². The van der Waals surface area contributed by atoms with E-state index in [-0.39, 0.29) is 41.3 Å². The van der Waals surface area contributed by atoms with Crippen LogP contribution in [0.2, 0.25) is 0 Å². The fraction of sp³-hybridized carbons (Fsp3) is 0.222. The van der Waals surface area contributed by atoms with Gasteiger partial charge in [-0.25, -0.2) is 13.6 Å². The quantitative estimate of drug-likeness (QED) is 0.758. The third-order valence-corrected chi connectivity index (χ3v) is 4.10. The van der Waals surface area contributed by atoms with Crippen molar-refractivity contribution in [3.05, 3.63) is 53.1 Å². The molecule has 0 aromatic heterocycles. The molecular formula is C18H16F2N2O5. The summed E-state index contributed by atoms with van der Waals surface area (Å²) in [6.07, 6.45) is -1.07. The summed E-state index contributed by atoms with van der Waals surface area (Å²) < 4.78 is 38.1. The Labute approximate surface area is 152 Å². The molecule has 0 fully saturated rings. The van der Waals surface area contributed by atoms with Crippen molar-refractivity contribution < 1.29 is 33.0 Å². The Morgan fingerprint density at radius 2 is 1.96 bits per heavy atom. The van der Waals surface area contributed by atoms with Crippen LogP contribution in [0.15, 0.2) is 30.3 Å². The second kappa shape index (κ2) is 7.48. The molecule has 0 unspecified atom stereocenters. The molecule has 1 aliphatic heterocycles. The maximum absolute atomic E-state index is 14.3. The number of anilines is 1. The molecule has 0 saturated heterocycles. The highest BCUT2D eigenvalue weighted by atomic mass is 19.1. The summed E-state index contributed by atoms with van der Waals surface area (Å²) in [5.74, 6) is -1.94. The van der Waals surface area contributed by atoms with Crippen LogP contribution in [0, 0.1) is 11.6 Å². The first-order chi connectivity index (χ1) is 12.9. The second-order valence-corrected chi connectivity index (χ2v) is 5.78. The predicted molar refractivity (Wildman–Crippen MR) is 91.3 cm³/mol. The molecule has 0 spiro atoms. The fourth-order valence-corrected chi connectivity index (χ4v) is 2.89. The van der Waals surface area contributed by atoms with Gasteiger partial charge in [0.2, 0.25) is 0 Å². The number of carbonyl (C=O) groups is 2. The van der Waals surface area contributed by atoms with E-state index in [1.807, 2.05) is 0 Å². The number of amides is 2. The van der Waals surface area contributed by atoms with Crippen molar-refractivity contribution in [1.29, 1.82) is 0 Å². The van der Waals surface area contributed by atoms with E-state index < -0.39 is 29.7 Å². The first-order valence-electron chi connectivity index (χ1n) is 8.00. The summed E-state index contributed by atoms with van der Waals surface area (Å²) in [6, 6.07) is 5.28. The highest BCUT2D eigenvalue weighted by molar-refractivity contribution is 6.06. The van der Waals surface area contributed by atoms with Gasteiger partial charge in [-0.2, -0.15) is 0 Å². The maximum Gasteiger partial charge on any atom is 0.405 e. The molecule has 2 amide bonds. The highest BCUT2D eigenvalue weighted by Crippen LogP contribution is 2.37. The van der Waals surface area contributed by atoms with Crippen LogP contribution in [0.3, 0.4) is 0 Å². The van der Waals surface area contributed by atoms with Gasteiger partial charge in [-0.3, -0.25) is 4.79 Å². The lowest BCUT2D eigenvalue weighted by Gasteiger charge is -2.27. The van der Waals surface area contributed by atoms with E-state index in [2.05, 4.69) is 10.6 Å². The molecule has 0 bridgehead atoms. The minimum atomic E-state index is -1.31. The van der Waals surface area contributed by atoms with Crippen LogP contribution < -0.4 is 20.1 Å². The first-order valence-corrected chi connectivity index (χ1v) is 8.00. The number of carbonyl (C=O) groups excluding carboxylic acids is 1. The van der Waals surface area contributed by atoms with Crippen LogP contribution in [0.25, 0.3) is 0 Å². The zero-order valence-electron chi connectivity index (χ0n) is 14.2. The lowest BCUT2D eigenvalue weighted by Crippen LogP contribution is -2.32. The third-order valence-electron chi connectivity index (χ3n) is 4.10. The summed E-state index contributed by atoms with van der Waals surface area (Å²) in [4.78, 5) is 23.6. The Morgan fingerprint density at radius 1 is 1.22 bits per heavy atom. The summed E-state index contributed by atoms with van der Waals surface area (Å²) in [5.41, 5.74) is 0.284. The number of benzene rings is 2. The number of halogens is 2. The largest absolute Gasteiger partial charge is 0.494 e. The van der Waals surface area contributed by atoms with Gasteiger partial charge in [-0.1, -0.05) is 0 Å². The number of rotatable bonds is 4. The molecule has 9 heteroatoms. The van der Waals surface area contributed by atoms with Crippen molar-refractivity contribution in [2.24, 2.45) is 0 Å². The van der Waals surface area contributed by atoms with E-state index in [4.69, 9.17) is 14.6 Å². The van der Waals surface area contributed by atoms with Crippen molar-refractivity contribution in [1.82, 2.24) is 5.32 Å². The van der Waals surface area contributed by atoms with Crippen molar-refractivity contribution in [2.45, 2.75) is 12.5 Å². The average Bonchev–Trinajstić information content (AvgIpc) is 2.63. The predicted octanol–water partition coefficient (Wildman–Crippen LogP) is 3.32. The van der Waals surface area contributed by atoms with Crippen LogP contribution in [-0.2, 0) is 0 Å². The lowest BCUT2D eigenvalue weighted by molar-refractivity contribution is 0.102. The molecular weight excluding hydrogens is 362 g/mol. The third kappa shape index (κ3) is 3.76. The van der Waals surface area contributed by atoms with Gasteiger partial charge in [0, 0.05) is 18.2 Å². The zero-order valence-corrected chi connectivity index (χ0v) is 14.2. The van der Waals surface area contributed by atoms with Crippen LogP contribution in [0.5, 0.6) is 11.5 Å². The Kier molecular flexibility index (Phi) is 5.11. The van der Waals surface area contributed by atoms with Crippen LogP contribution in [0.4, 0.5) is 19.3 Å². The SMILES string of the molecule is COc1cc(NC(=O)c2ccc(F)c3c2OCC[C@@H]3NC(=O)O)ccc1F. The average molecular weight is 378 g/mol. The highest BCUT2D eigenvalue weighted by Gasteiger charge is 2.30. The maximum atomic E-state index is 14.3. The molecule has 2 aromatic carbocycles. The zero-order chi connectivity index (χ0) is 19.6. The van der Waals surface area contributed by atoms with Gasteiger partial charge in [0.25, 0.3) is 5.91 Å². The minimum absolute atomic E-state index is 0.0204. The van der Waals surface area contributed by atoms with Crippen molar-refractivity contribution >= 4 is 17.7 Å². The number of carboxylic acid groups (broad SMARTS) is 1. The molecule has 0 aliphatic carbocycles. The summed E-state index contributed by atoms with van der Waals surface area (Å²) >= 11 is 0. The van der Waals surface area contributed by atoms with E-state index in [1.165, 1.54) is 25.3 Å². The summed E-state index contributed by atoms with van der Waals surface area (Å²) in [5, 5.41) is 13.7. The molecule has 142 valence electrons. The lowest BCUT2D eigenvalue weighted by atomic mass is 9.96. The smallest absolute Gasteiger partial charge is 0.405 e. The standard InChI is InChI=1S/C18H16F2N2O5/c1-26-14-8-9(2-4-11(14)19)21-17(23)10-3-5-12(20)15-13(22-18(24)25)6-7-27-16(10)15/h2-5,8,13,22H,6-7H2,1H3,(H,21,23)(H,24,25)/t13-/m0/s1. The van der Waals surface area contributed by atoms with Gasteiger partial charge < -0.3 is 25.2 Å². The topological polar surface area (TPSA) is 96.9 Å². The van der Waals surface area contributed by atoms with E-state index in [0.717, 1.165) is 12.1 Å². The molecule has 1 heterocycles. The van der Waals surface area contributed by atoms with Gasteiger partial charge >= 0.3 is 6.09 Å². The fourth-order valence-electron chi connectivity index (χ4n) is 2.89. The number of ether oxygens (including phenoxy) is 2. The van der Waals surface area contributed by atoms with Gasteiger partial charge in [-0.05, 0) is 24.3 Å². The van der Waals surface area contributed by atoms with E-state index in [0.29, 0.717) is 0 Å². The Balaban J connectivity index is 1.93. The van der Waals surface area contributed by atoms with Crippen molar-refractivity contribution in [3.63, 3.8) is 0 Å². The second-order valence-electron chi connectivity index (χ2n) is 5.78. The van der Waals surface area contributed by atoms with E-state index >= 15 is 0 Å². The normalized spacial score (nSPS) is 15.3. The molecule has 0 radical (unpaired) electrons. The summed E-state index contributed by atoms with van der Waals surface area (Å²) in [7, 11) is 1.30. The molecule has 1 aliphatic rings. The van der Waals surface area contributed by atoms with E-state index in [9.17, 15) is 18.4 Å². The Hall–Kier alpha value is -3.36. The minimum Gasteiger partial charge on any atom is -0.494 e. The Bertz CT molecular complexity index is 904. The number of methoxy groups -OCH3 is 1. The van der Waals surface area contributed by atoms with Crippen LogP contribution >= 0.6 is 0 Å². The summed E-state index contributed by atoms with van der Waals surface area (Å²) in [6.45, 7) is 0.117. The number of hydrogen-bond donors (Lipinski definition) is 3.